The first-order valence-electron chi connectivity index (χ1n) is 33.8. The molecule has 12 heteroatoms. The topological polar surface area (TPSA) is 155 Å². The smallest absolute Gasteiger partial charge is 0.462 e. The highest BCUT2D eigenvalue weighted by molar-refractivity contribution is 7.47. The number of phosphoric ester groups is 1. The summed E-state index contributed by atoms with van der Waals surface area (Å²) >= 11 is 0. The van der Waals surface area contributed by atoms with Gasteiger partial charge in [0.05, 0.1) is 19.8 Å². The Morgan fingerprint density at radius 3 is 0.988 bits per heavy atom. The molecule has 0 saturated carbocycles. The van der Waals surface area contributed by atoms with Crippen molar-refractivity contribution in [2.45, 2.75) is 328 Å². The van der Waals surface area contributed by atoms with E-state index in [0.717, 1.165) is 109 Å². The van der Waals surface area contributed by atoms with Crippen molar-refractivity contribution < 1.29 is 52.2 Å². The van der Waals surface area contributed by atoms with Crippen molar-refractivity contribution in [2.24, 2.45) is 0 Å². The third-order valence-electron chi connectivity index (χ3n) is 14.6. The van der Waals surface area contributed by atoms with Crippen molar-refractivity contribution in [3.8, 4) is 0 Å². The van der Waals surface area contributed by atoms with Crippen LogP contribution < -0.4 is 0 Å². The Labute approximate surface area is 503 Å². The summed E-state index contributed by atoms with van der Waals surface area (Å²) in [4.78, 5) is 48.9. The van der Waals surface area contributed by atoms with Gasteiger partial charge in [0.15, 0.2) is 6.10 Å². The number of aliphatic hydroxyl groups excluding tert-OH is 1. The summed E-state index contributed by atoms with van der Waals surface area (Å²) in [5.74, 6) is -1.47. The van der Waals surface area contributed by atoms with Crippen molar-refractivity contribution >= 4 is 25.7 Å². The molecule has 0 spiro atoms. The number of unbranched alkanes of at least 4 members (excludes halogenated alkanes) is 34. The molecule has 82 heavy (non-hydrogen) atoms. The predicted octanol–water partition coefficient (Wildman–Crippen LogP) is 20.8. The highest BCUT2D eigenvalue weighted by Gasteiger charge is 2.28. The molecule has 0 aromatic heterocycles. The van der Waals surface area contributed by atoms with Gasteiger partial charge in [-0.15, -0.1) is 0 Å². The van der Waals surface area contributed by atoms with E-state index in [9.17, 15) is 28.9 Å². The van der Waals surface area contributed by atoms with Crippen molar-refractivity contribution in [1.29, 1.82) is 0 Å². The highest BCUT2D eigenvalue weighted by Crippen LogP contribution is 2.43. The molecule has 0 radical (unpaired) electrons. The zero-order valence-electron chi connectivity index (χ0n) is 53.0. The van der Waals surface area contributed by atoms with E-state index >= 15 is 0 Å². The average molecular weight is 1170 g/mol. The quantitative estimate of drug-likeness (QED) is 0.0197. The first-order chi connectivity index (χ1) is 40.2. The van der Waals surface area contributed by atoms with Gasteiger partial charge < -0.3 is 24.2 Å². The third kappa shape index (κ3) is 61.5. The number of carbonyl (C=O) groups excluding carboxylic acids is 3. The van der Waals surface area contributed by atoms with Crippen LogP contribution >= 0.6 is 7.82 Å². The fourth-order valence-corrected chi connectivity index (χ4v) is 10.2. The van der Waals surface area contributed by atoms with E-state index in [2.05, 4.69) is 93.7 Å². The molecule has 11 nitrogen and oxygen atoms in total. The lowest BCUT2D eigenvalue weighted by Gasteiger charge is -2.21. The molecule has 0 aliphatic heterocycles. The number of esters is 3. The SMILES string of the molecule is CC/C=C\C/C=C\C/C=C\C/C=C\CCCCCCCCC(=O)OC(COC(=O)CCCCCCCCCCC/C=C\CCCCCCCC)COP(=O)(O)OCC(CO)OC(=O)CCCCCCCCC/C=C\CCCCCCCC. The Morgan fingerprint density at radius 2 is 0.634 bits per heavy atom. The second-order valence-corrected chi connectivity index (χ2v) is 24.1. The number of ether oxygens (including phenoxy) is 3. The van der Waals surface area contributed by atoms with Crippen LogP contribution in [-0.4, -0.2) is 66.5 Å². The van der Waals surface area contributed by atoms with Gasteiger partial charge in [0, 0.05) is 19.3 Å². The molecule has 2 N–H and O–H groups in total. The van der Waals surface area contributed by atoms with E-state index in [4.69, 9.17) is 23.3 Å². The number of aliphatic hydroxyl groups is 1. The van der Waals surface area contributed by atoms with Gasteiger partial charge in [0.25, 0.3) is 0 Å². The molecule has 0 aliphatic rings. The lowest BCUT2D eigenvalue weighted by Crippen LogP contribution is -2.30. The fourth-order valence-electron chi connectivity index (χ4n) is 9.46. The molecular formula is C70H125O11P. The fraction of sp³-hybridized carbons (Fsp3) is 0.786. The maximum atomic E-state index is 13.0. The first-order valence-corrected chi connectivity index (χ1v) is 35.3. The summed E-state index contributed by atoms with van der Waals surface area (Å²) in [7, 11) is -4.76. The molecule has 0 bridgehead atoms. The minimum atomic E-state index is -4.76. The monoisotopic (exact) mass is 1170 g/mol. The zero-order chi connectivity index (χ0) is 59.8. The normalized spacial score (nSPS) is 13.7. The summed E-state index contributed by atoms with van der Waals surface area (Å²) in [6.45, 7) is 4.56. The predicted molar refractivity (Wildman–Crippen MR) is 344 cm³/mol. The Bertz CT molecular complexity index is 1650. The number of phosphoric acid groups is 1. The van der Waals surface area contributed by atoms with E-state index in [1.54, 1.807) is 0 Å². The van der Waals surface area contributed by atoms with Crippen LogP contribution in [0.3, 0.4) is 0 Å². The standard InChI is InChI=1S/C70H125O11P/c1-4-7-10-13-16-19-22-25-28-31-33-36-38-41-44-47-50-53-56-59-68(72)77-63-67(81-70(74)61-58-55-52-49-46-43-40-37-34-32-29-26-23-20-17-14-11-8-5-2)65-79-82(75,76)78-64-66(62-71)80-69(73)60-57-54-51-48-45-42-39-35-30-27-24-21-18-15-12-9-6-3/h8,11,17,20,25-30,34,37,66-67,71H,4-7,9-10,12-16,18-19,21-24,31-33,35-36,38-65H2,1-3H3,(H,75,76)/b11-8-,20-17-,28-25-,29-26-,30-27-,37-34-. The maximum absolute atomic E-state index is 13.0. The van der Waals surface area contributed by atoms with Crippen molar-refractivity contribution in [3.63, 3.8) is 0 Å². The van der Waals surface area contributed by atoms with E-state index in [0.29, 0.717) is 19.3 Å². The molecule has 0 heterocycles. The Morgan fingerprint density at radius 1 is 0.354 bits per heavy atom. The van der Waals surface area contributed by atoms with Gasteiger partial charge in [0.2, 0.25) is 0 Å². The molecule has 0 aliphatic carbocycles. The molecule has 3 atom stereocenters. The Hall–Kier alpha value is -3.08. The molecular weight excluding hydrogens is 1050 g/mol. The number of carbonyl (C=O) groups is 3. The van der Waals surface area contributed by atoms with Gasteiger partial charge in [-0.1, -0.05) is 261 Å². The van der Waals surface area contributed by atoms with Crippen LogP contribution in [0.4, 0.5) is 0 Å². The largest absolute Gasteiger partial charge is 0.472 e. The molecule has 0 fully saturated rings. The van der Waals surface area contributed by atoms with Gasteiger partial charge in [-0.3, -0.25) is 23.4 Å². The third-order valence-corrected chi connectivity index (χ3v) is 15.5. The van der Waals surface area contributed by atoms with Crippen LogP contribution in [0.5, 0.6) is 0 Å². The lowest BCUT2D eigenvalue weighted by molar-refractivity contribution is -0.161. The van der Waals surface area contributed by atoms with E-state index < -0.39 is 57.8 Å². The minimum absolute atomic E-state index is 0.150. The van der Waals surface area contributed by atoms with Crippen molar-refractivity contribution in [1.82, 2.24) is 0 Å². The number of hydrogen-bond acceptors (Lipinski definition) is 10. The van der Waals surface area contributed by atoms with Crippen LogP contribution in [0, 0.1) is 0 Å². The van der Waals surface area contributed by atoms with Crippen LogP contribution in [0.25, 0.3) is 0 Å². The number of hydrogen-bond donors (Lipinski definition) is 2. The average Bonchev–Trinajstić information content (AvgIpc) is 3.50. The number of rotatable bonds is 63. The van der Waals surface area contributed by atoms with Crippen molar-refractivity contribution in [2.75, 3.05) is 26.4 Å². The summed E-state index contributed by atoms with van der Waals surface area (Å²) in [6.07, 6.45) is 74.2. The minimum Gasteiger partial charge on any atom is -0.462 e. The molecule has 0 amide bonds. The summed E-state index contributed by atoms with van der Waals surface area (Å²) in [6, 6.07) is 0. The molecule has 0 aromatic carbocycles. The van der Waals surface area contributed by atoms with Crippen LogP contribution in [0.15, 0.2) is 72.9 Å². The second kappa shape index (κ2) is 63.9. The highest BCUT2D eigenvalue weighted by atomic mass is 31.2. The van der Waals surface area contributed by atoms with Gasteiger partial charge in [-0.05, 0) is 109 Å². The zero-order valence-corrected chi connectivity index (χ0v) is 53.8. The van der Waals surface area contributed by atoms with Gasteiger partial charge in [-0.25, -0.2) is 4.57 Å². The lowest BCUT2D eigenvalue weighted by atomic mass is 10.1. The molecule has 0 saturated heterocycles. The van der Waals surface area contributed by atoms with Gasteiger partial charge in [0.1, 0.15) is 12.7 Å². The molecule has 476 valence electrons. The summed E-state index contributed by atoms with van der Waals surface area (Å²) < 4.78 is 39.8. The second-order valence-electron chi connectivity index (χ2n) is 22.6. The summed E-state index contributed by atoms with van der Waals surface area (Å²) in [5, 5.41) is 9.87. The van der Waals surface area contributed by atoms with Crippen molar-refractivity contribution in [3.05, 3.63) is 72.9 Å². The maximum Gasteiger partial charge on any atom is 0.472 e. The van der Waals surface area contributed by atoms with Crippen LogP contribution in [-0.2, 0) is 42.2 Å². The molecule has 3 unspecified atom stereocenters. The first kappa shape index (κ1) is 78.9. The Kier molecular flexibility index (Phi) is 61.5. The summed E-state index contributed by atoms with van der Waals surface area (Å²) in [5.41, 5.74) is 0. The van der Waals surface area contributed by atoms with Gasteiger partial charge >= 0.3 is 25.7 Å². The number of allylic oxidation sites excluding steroid dienone is 12. The van der Waals surface area contributed by atoms with E-state index in [-0.39, 0.29) is 25.9 Å². The molecule has 0 rings (SSSR count). The molecule has 0 aromatic rings. The van der Waals surface area contributed by atoms with E-state index in [1.807, 2.05) is 0 Å². The van der Waals surface area contributed by atoms with Gasteiger partial charge in [-0.2, -0.15) is 0 Å². The van der Waals surface area contributed by atoms with E-state index in [1.165, 1.54) is 148 Å². The Balaban J connectivity index is 4.71. The van der Waals surface area contributed by atoms with Crippen LogP contribution in [0.2, 0.25) is 0 Å². The van der Waals surface area contributed by atoms with Crippen LogP contribution in [0.1, 0.15) is 316 Å².